The standard InChI is InChI=1S/C20H32N4O.HI/c1-3-13-22-20(21-4-2)23-15-16-9-8-12-18(14-16)24-19(25)17-10-6-5-7-11-17;/h8-9,12,14,17H,3-7,10-11,13,15H2,1-2H3,(H,24,25)(H2,21,22,23);1H. The average Bonchev–Trinajstić information content (AvgIpc) is 2.65. The zero-order valence-electron chi connectivity index (χ0n) is 16.0. The molecular weight excluding hydrogens is 439 g/mol. The number of carbonyl (C=O) groups is 1. The Bertz CT molecular complexity index is 571. The highest BCUT2D eigenvalue weighted by atomic mass is 127. The summed E-state index contributed by atoms with van der Waals surface area (Å²) < 4.78 is 0. The molecule has 5 nitrogen and oxygen atoms in total. The van der Waals surface area contributed by atoms with Gasteiger partial charge in [0.25, 0.3) is 0 Å². The quantitative estimate of drug-likeness (QED) is 0.315. The molecule has 0 unspecified atom stereocenters. The van der Waals surface area contributed by atoms with Gasteiger partial charge in [0.15, 0.2) is 5.96 Å². The molecule has 1 aromatic rings. The van der Waals surface area contributed by atoms with E-state index in [0.29, 0.717) is 6.54 Å². The van der Waals surface area contributed by atoms with Crippen LogP contribution in [0.5, 0.6) is 0 Å². The van der Waals surface area contributed by atoms with E-state index in [1.54, 1.807) is 0 Å². The Balaban J connectivity index is 0.00000338. The van der Waals surface area contributed by atoms with Gasteiger partial charge >= 0.3 is 0 Å². The minimum atomic E-state index is 0. The summed E-state index contributed by atoms with van der Waals surface area (Å²) in [5, 5.41) is 9.63. The van der Waals surface area contributed by atoms with Gasteiger partial charge in [0.2, 0.25) is 5.91 Å². The number of aliphatic imine (C=N–C) groups is 1. The molecule has 26 heavy (non-hydrogen) atoms. The molecule has 1 saturated carbocycles. The number of nitrogens with zero attached hydrogens (tertiary/aromatic N) is 1. The van der Waals surface area contributed by atoms with Crippen molar-refractivity contribution in [3.8, 4) is 0 Å². The first-order valence-corrected chi connectivity index (χ1v) is 9.65. The first kappa shape index (κ1) is 22.7. The summed E-state index contributed by atoms with van der Waals surface area (Å²) in [6.07, 6.45) is 6.70. The third-order valence-electron chi connectivity index (χ3n) is 4.48. The van der Waals surface area contributed by atoms with Crippen LogP contribution in [0.2, 0.25) is 0 Å². The molecule has 0 bridgehead atoms. The van der Waals surface area contributed by atoms with Crippen molar-refractivity contribution in [2.75, 3.05) is 18.4 Å². The highest BCUT2D eigenvalue weighted by molar-refractivity contribution is 14.0. The molecule has 0 heterocycles. The van der Waals surface area contributed by atoms with Crippen LogP contribution in [0.15, 0.2) is 29.3 Å². The molecule has 3 N–H and O–H groups in total. The van der Waals surface area contributed by atoms with Gasteiger partial charge in [0.05, 0.1) is 6.54 Å². The van der Waals surface area contributed by atoms with E-state index in [4.69, 9.17) is 0 Å². The molecule has 0 atom stereocenters. The third kappa shape index (κ3) is 7.93. The lowest BCUT2D eigenvalue weighted by atomic mass is 9.88. The maximum atomic E-state index is 12.4. The first-order chi connectivity index (χ1) is 12.2. The number of hydrogen-bond donors (Lipinski definition) is 3. The molecule has 1 aliphatic rings. The Hall–Kier alpha value is -1.31. The van der Waals surface area contributed by atoms with E-state index < -0.39 is 0 Å². The number of rotatable bonds is 7. The van der Waals surface area contributed by atoms with Crippen LogP contribution in [0.25, 0.3) is 0 Å². The number of hydrogen-bond acceptors (Lipinski definition) is 2. The van der Waals surface area contributed by atoms with Crippen LogP contribution < -0.4 is 16.0 Å². The minimum absolute atomic E-state index is 0. The first-order valence-electron chi connectivity index (χ1n) is 9.65. The van der Waals surface area contributed by atoms with E-state index in [2.05, 4.69) is 34.8 Å². The highest BCUT2D eigenvalue weighted by Gasteiger charge is 2.20. The molecule has 0 aromatic heterocycles. The molecule has 1 aromatic carbocycles. The van der Waals surface area contributed by atoms with Crippen molar-refractivity contribution in [2.24, 2.45) is 10.9 Å². The van der Waals surface area contributed by atoms with Crippen LogP contribution >= 0.6 is 24.0 Å². The van der Waals surface area contributed by atoms with E-state index in [-0.39, 0.29) is 35.8 Å². The second-order valence-corrected chi connectivity index (χ2v) is 6.65. The molecule has 2 rings (SSSR count). The number of guanidine groups is 1. The molecule has 0 aliphatic heterocycles. The SMILES string of the molecule is CCCNC(=NCc1cccc(NC(=O)C2CCCCC2)c1)NCC.I. The molecule has 1 aliphatic carbocycles. The Morgan fingerprint density at radius 2 is 1.92 bits per heavy atom. The zero-order valence-corrected chi connectivity index (χ0v) is 18.3. The fraction of sp³-hybridized carbons (Fsp3) is 0.600. The Morgan fingerprint density at radius 3 is 2.62 bits per heavy atom. The molecule has 1 amide bonds. The normalized spacial score (nSPS) is 15.1. The van der Waals surface area contributed by atoms with Crippen LogP contribution in [0, 0.1) is 5.92 Å². The van der Waals surface area contributed by atoms with Crippen molar-refractivity contribution in [3.05, 3.63) is 29.8 Å². The topological polar surface area (TPSA) is 65.5 Å². The van der Waals surface area contributed by atoms with Crippen LogP contribution in [0.3, 0.4) is 0 Å². The summed E-state index contributed by atoms with van der Waals surface area (Å²) in [7, 11) is 0. The lowest BCUT2D eigenvalue weighted by molar-refractivity contribution is -0.120. The number of benzene rings is 1. The van der Waals surface area contributed by atoms with Crippen molar-refractivity contribution < 1.29 is 4.79 Å². The van der Waals surface area contributed by atoms with Gasteiger partial charge in [-0.2, -0.15) is 0 Å². The lowest BCUT2D eigenvalue weighted by Crippen LogP contribution is -2.37. The van der Waals surface area contributed by atoms with Gasteiger partial charge in [-0.05, 0) is 43.9 Å². The summed E-state index contributed by atoms with van der Waals surface area (Å²) in [5.41, 5.74) is 1.96. The maximum absolute atomic E-state index is 12.4. The highest BCUT2D eigenvalue weighted by Crippen LogP contribution is 2.25. The predicted octanol–water partition coefficient (Wildman–Crippen LogP) is 4.29. The molecule has 1 fully saturated rings. The van der Waals surface area contributed by atoms with Crippen molar-refractivity contribution in [3.63, 3.8) is 0 Å². The van der Waals surface area contributed by atoms with Gasteiger partial charge in [-0.3, -0.25) is 4.79 Å². The number of halogens is 1. The second kappa shape index (κ2) is 12.9. The Labute approximate surface area is 174 Å². The number of amides is 1. The number of carbonyl (C=O) groups excluding carboxylic acids is 1. The van der Waals surface area contributed by atoms with Gasteiger partial charge < -0.3 is 16.0 Å². The molecule has 146 valence electrons. The van der Waals surface area contributed by atoms with Gasteiger partial charge in [-0.1, -0.05) is 38.3 Å². The van der Waals surface area contributed by atoms with Gasteiger partial charge in [0.1, 0.15) is 0 Å². The smallest absolute Gasteiger partial charge is 0.227 e. The van der Waals surface area contributed by atoms with Gasteiger partial charge in [0, 0.05) is 24.7 Å². The maximum Gasteiger partial charge on any atom is 0.227 e. The fourth-order valence-electron chi connectivity index (χ4n) is 3.11. The number of nitrogens with one attached hydrogen (secondary N) is 3. The molecular formula is C20H33IN4O. The lowest BCUT2D eigenvalue weighted by Gasteiger charge is -2.20. The zero-order chi connectivity index (χ0) is 17.9. The summed E-state index contributed by atoms with van der Waals surface area (Å²) in [6, 6.07) is 8.00. The summed E-state index contributed by atoms with van der Waals surface area (Å²) in [6.45, 7) is 6.53. The van der Waals surface area contributed by atoms with E-state index in [0.717, 1.165) is 49.6 Å². The Morgan fingerprint density at radius 1 is 1.15 bits per heavy atom. The summed E-state index contributed by atoms with van der Waals surface area (Å²) in [4.78, 5) is 17.0. The van der Waals surface area contributed by atoms with Crippen molar-refractivity contribution in [2.45, 2.75) is 58.9 Å². The van der Waals surface area contributed by atoms with Crippen LogP contribution in [0.1, 0.15) is 57.9 Å². The Kier molecular flexibility index (Phi) is 11.3. The monoisotopic (exact) mass is 472 g/mol. The molecule has 6 heteroatoms. The van der Waals surface area contributed by atoms with Gasteiger partial charge in [-0.15, -0.1) is 24.0 Å². The van der Waals surface area contributed by atoms with E-state index in [9.17, 15) is 4.79 Å². The molecule has 0 spiro atoms. The molecule has 0 radical (unpaired) electrons. The van der Waals surface area contributed by atoms with E-state index in [1.807, 2.05) is 24.3 Å². The minimum Gasteiger partial charge on any atom is -0.357 e. The van der Waals surface area contributed by atoms with E-state index >= 15 is 0 Å². The van der Waals surface area contributed by atoms with Crippen molar-refractivity contribution in [1.29, 1.82) is 0 Å². The number of anilines is 1. The van der Waals surface area contributed by atoms with Crippen molar-refractivity contribution >= 4 is 41.5 Å². The van der Waals surface area contributed by atoms with Crippen molar-refractivity contribution in [1.82, 2.24) is 10.6 Å². The predicted molar refractivity (Wildman–Crippen MR) is 120 cm³/mol. The third-order valence-corrected chi connectivity index (χ3v) is 4.48. The summed E-state index contributed by atoms with van der Waals surface area (Å²) >= 11 is 0. The summed E-state index contributed by atoms with van der Waals surface area (Å²) in [5.74, 6) is 1.17. The van der Waals surface area contributed by atoms with Crippen LogP contribution in [0.4, 0.5) is 5.69 Å². The van der Waals surface area contributed by atoms with Crippen LogP contribution in [-0.2, 0) is 11.3 Å². The fourth-order valence-corrected chi connectivity index (χ4v) is 3.11. The largest absolute Gasteiger partial charge is 0.357 e. The van der Waals surface area contributed by atoms with Gasteiger partial charge in [-0.25, -0.2) is 4.99 Å². The average molecular weight is 472 g/mol. The van der Waals surface area contributed by atoms with Crippen LogP contribution in [-0.4, -0.2) is 25.0 Å². The second-order valence-electron chi connectivity index (χ2n) is 6.65. The van der Waals surface area contributed by atoms with E-state index in [1.165, 1.54) is 19.3 Å². The molecule has 0 saturated heterocycles.